The summed E-state index contributed by atoms with van der Waals surface area (Å²) >= 11 is 0. The molecule has 1 saturated heterocycles. The quantitative estimate of drug-likeness (QED) is 0.836. The Bertz CT molecular complexity index is 544. The molecule has 1 aliphatic carbocycles. The summed E-state index contributed by atoms with van der Waals surface area (Å²) in [5.41, 5.74) is -0.00617. The first-order valence-corrected chi connectivity index (χ1v) is 9.79. The normalized spacial score (nSPS) is 22.9. The van der Waals surface area contributed by atoms with Gasteiger partial charge in [-0.15, -0.1) is 0 Å². The Morgan fingerprint density at radius 1 is 0.917 bits per heavy atom. The summed E-state index contributed by atoms with van der Waals surface area (Å²) in [5.74, 6) is 6.93. The molecule has 1 atom stereocenters. The zero-order valence-electron chi connectivity index (χ0n) is 14.8. The van der Waals surface area contributed by atoms with Crippen LogP contribution < -0.4 is 0 Å². The third-order valence-corrected chi connectivity index (χ3v) is 5.69. The highest BCUT2D eigenvalue weighted by Gasteiger charge is 2.37. The minimum Gasteiger partial charge on any atom is -0.373 e. The number of aliphatic hydroxyl groups is 1. The lowest BCUT2D eigenvalue weighted by molar-refractivity contribution is 0.0158. The maximum atomic E-state index is 11.5. The van der Waals surface area contributed by atoms with Crippen LogP contribution in [-0.4, -0.2) is 29.6 Å². The molecule has 1 aliphatic heterocycles. The summed E-state index contributed by atoms with van der Waals surface area (Å²) in [7, 11) is 0. The molecule has 130 valence electrons. The summed E-state index contributed by atoms with van der Waals surface area (Å²) < 4.78 is 0. The van der Waals surface area contributed by atoms with Crippen LogP contribution in [0.2, 0.25) is 0 Å². The van der Waals surface area contributed by atoms with Crippen LogP contribution in [0.25, 0.3) is 0 Å². The molecule has 0 radical (unpaired) electrons. The van der Waals surface area contributed by atoms with Crippen LogP contribution in [0.3, 0.4) is 0 Å². The summed E-state index contributed by atoms with van der Waals surface area (Å²) in [4.78, 5) is 2.45. The van der Waals surface area contributed by atoms with Gasteiger partial charge in [0.05, 0.1) is 6.54 Å². The van der Waals surface area contributed by atoms with E-state index in [4.69, 9.17) is 0 Å². The zero-order chi connectivity index (χ0) is 16.7. The second-order valence-corrected chi connectivity index (χ2v) is 7.46. The predicted octanol–water partition coefficient (Wildman–Crippen LogP) is 4.33. The Kier molecular flexibility index (Phi) is 6.35. The fraction of sp³-hybridized carbons (Fsp3) is 0.636. The van der Waals surface area contributed by atoms with Gasteiger partial charge in [-0.25, -0.2) is 0 Å². The van der Waals surface area contributed by atoms with Gasteiger partial charge in [0.25, 0.3) is 0 Å². The van der Waals surface area contributed by atoms with E-state index in [-0.39, 0.29) is 5.92 Å². The number of rotatable bonds is 3. The minimum atomic E-state index is -0.979. The van der Waals surface area contributed by atoms with Crippen LogP contribution in [0.15, 0.2) is 30.3 Å². The van der Waals surface area contributed by atoms with Gasteiger partial charge in [-0.1, -0.05) is 74.3 Å². The smallest absolute Gasteiger partial charge is 0.153 e. The molecule has 0 spiro atoms. The highest BCUT2D eigenvalue weighted by atomic mass is 16.3. The van der Waals surface area contributed by atoms with E-state index in [0.29, 0.717) is 0 Å². The van der Waals surface area contributed by atoms with E-state index >= 15 is 0 Å². The van der Waals surface area contributed by atoms with E-state index in [1.54, 1.807) is 0 Å². The molecule has 1 unspecified atom stereocenters. The average molecular weight is 325 g/mol. The Labute approximate surface area is 147 Å². The van der Waals surface area contributed by atoms with Gasteiger partial charge in [0.1, 0.15) is 0 Å². The molecule has 1 aromatic carbocycles. The molecule has 2 nitrogen and oxygen atoms in total. The third-order valence-electron chi connectivity index (χ3n) is 5.69. The molecule has 1 saturated carbocycles. The van der Waals surface area contributed by atoms with Crippen molar-refractivity contribution in [3.05, 3.63) is 35.9 Å². The SMILES string of the molecule is OC(C#CCN1CCCCCC1)(c1ccccc1)C1CCCCC1. The summed E-state index contributed by atoms with van der Waals surface area (Å²) in [5, 5.41) is 11.5. The van der Waals surface area contributed by atoms with Crippen LogP contribution in [-0.2, 0) is 5.60 Å². The summed E-state index contributed by atoms with van der Waals surface area (Å²) in [6.07, 6.45) is 11.2. The molecule has 2 fully saturated rings. The number of hydrogen-bond donors (Lipinski definition) is 1. The van der Waals surface area contributed by atoms with E-state index in [9.17, 15) is 5.11 Å². The molecular formula is C22H31NO. The topological polar surface area (TPSA) is 23.5 Å². The van der Waals surface area contributed by atoms with Crippen molar-refractivity contribution in [1.29, 1.82) is 0 Å². The Hall–Kier alpha value is -1.30. The van der Waals surface area contributed by atoms with Gasteiger partial charge in [-0.3, -0.25) is 4.90 Å². The molecule has 1 aromatic rings. The fourth-order valence-electron chi connectivity index (χ4n) is 4.20. The van der Waals surface area contributed by atoms with Gasteiger partial charge < -0.3 is 5.11 Å². The largest absolute Gasteiger partial charge is 0.373 e. The lowest BCUT2D eigenvalue weighted by Gasteiger charge is -2.35. The first-order chi connectivity index (χ1) is 11.8. The van der Waals surface area contributed by atoms with Crippen molar-refractivity contribution >= 4 is 0 Å². The first-order valence-electron chi connectivity index (χ1n) is 9.79. The number of benzene rings is 1. The van der Waals surface area contributed by atoms with Gasteiger partial charge in [0.2, 0.25) is 0 Å². The molecular weight excluding hydrogens is 294 g/mol. The Morgan fingerprint density at radius 3 is 2.21 bits per heavy atom. The Balaban J connectivity index is 1.76. The second-order valence-electron chi connectivity index (χ2n) is 7.46. The van der Waals surface area contributed by atoms with Crippen LogP contribution in [0.4, 0.5) is 0 Å². The molecule has 0 amide bonds. The van der Waals surface area contributed by atoms with Crippen molar-refractivity contribution < 1.29 is 5.11 Å². The first kappa shape index (κ1) is 17.5. The molecule has 2 heteroatoms. The van der Waals surface area contributed by atoms with Gasteiger partial charge in [0, 0.05) is 5.92 Å². The standard InChI is InChI=1S/C22H31NO/c24-22(20-12-5-3-6-13-20,21-14-7-4-8-15-21)16-11-19-23-17-9-1-2-10-18-23/h3,5-6,12-13,21,24H,1-2,4,7-10,14-15,17-19H2. The third kappa shape index (κ3) is 4.41. The molecule has 1 N–H and O–H groups in total. The second kappa shape index (κ2) is 8.70. The van der Waals surface area contributed by atoms with Crippen LogP contribution in [0.1, 0.15) is 63.4 Å². The maximum Gasteiger partial charge on any atom is 0.153 e. The van der Waals surface area contributed by atoms with Crippen molar-refractivity contribution in [2.45, 2.75) is 63.4 Å². The number of likely N-dealkylation sites (tertiary alicyclic amines) is 1. The number of nitrogens with zero attached hydrogens (tertiary/aromatic N) is 1. The van der Waals surface area contributed by atoms with Gasteiger partial charge in [-0.2, -0.15) is 0 Å². The minimum absolute atomic E-state index is 0.269. The van der Waals surface area contributed by atoms with Crippen molar-refractivity contribution in [1.82, 2.24) is 4.90 Å². The Morgan fingerprint density at radius 2 is 1.54 bits per heavy atom. The molecule has 0 bridgehead atoms. The van der Waals surface area contributed by atoms with E-state index in [1.807, 2.05) is 30.3 Å². The highest BCUT2D eigenvalue weighted by Crippen LogP contribution is 2.38. The molecule has 2 aliphatic rings. The van der Waals surface area contributed by atoms with Crippen molar-refractivity contribution in [2.24, 2.45) is 5.92 Å². The molecule has 1 heterocycles. The molecule has 24 heavy (non-hydrogen) atoms. The fourth-order valence-corrected chi connectivity index (χ4v) is 4.20. The summed E-state index contributed by atoms with van der Waals surface area (Å²) in [6, 6.07) is 10.1. The monoisotopic (exact) mass is 325 g/mol. The van der Waals surface area contributed by atoms with Crippen LogP contribution in [0.5, 0.6) is 0 Å². The van der Waals surface area contributed by atoms with Crippen LogP contribution >= 0.6 is 0 Å². The summed E-state index contributed by atoms with van der Waals surface area (Å²) in [6.45, 7) is 3.10. The predicted molar refractivity (Wildman–Crippen MR) is 99.6 cm³/mol. The van der Waals surface area contributed by atoms with E-state index in [2.05, 4.69) is 16.7 Å². The van der Waals surface area contributed by atoms with E-state index < -0.39 is 5.60 Å². The van der Waals surface area contributed by atoms with Crippen LogP contribution in [0, 0.1) is 17.8 Å². The number of hydrogen-bond acceptors (Lipinski definition) is 2. The van der Waals surface area contributed by atoms with E-state index in [1.165, 1.54) is 44.9 Å². The lowest BCUT2D eigenvalue weighted by atomic mass is 9.73. The van der Waals surface area contributed by atoms with Crippen molar-refractivity contribution in [3.63, 3.8) is 0 Å². The lowest BCUT2D eigenvalue weighted by Crippen LogP contribution is -2.35. The molecule has 0 aromatic heterocycles. The molecule has 3 rings (SSSR count). The zero-order valence-corrected chi connectivity index (χ0v) is 14.8. The maximum absolute atomic E-state index is 11.5. The van der Waals surface area contributed by atoms with E-state index in [0.717, 1.165) is 38.0 Å². The van der Waals surface area contributed by atoms with Gasteiger partial charge in [-0.05, 0) is 44.3 Å². The highest BCUT2D eigenvalue weighted by molar-refractivity contribution is 5.33. The van der Waals surface area contributed by atoms with Gasteiger partial charge >= 0.3 is 0 Å². The van der Waals surface area contributed by atoms with Crippen molar-refractivity contribution in [3.8, 4) is 11.8 Å². The average Bonchev–Trinajstić information content (AvgIpc) is 2.92. The van der Waals surface area contributed by atoms with Crippen molar-refractivity contribution in [2.75, 3.05) is 19.6 Å². The van der Waals surface area contributed by atoms with Gasteiger partial charge in [0.15, 0.2) is 5.60 Å².